The number of carbonyl (C=O) groups is 1. The van der Waals surface area contributed by atoms with Gasteiger partial charge in [-0.3, -0.25) is 9.36 Å². The average molecular weight is 342 g/mol. The zero-order valence-corrected chi connectivity index (χ0v) is 14.9. The average Bonchev–Trinajstić information content (AvgIpc) is 2.81. The van der Waals surface area contributed by atoms with Gasteiger partial charge in [-0.1, -0.05) is 6.07 Å². The summed E-state index contributed by atoms with van der Waals surface area (Å²) in [4.78, 5) is 30.8. The number of hydrogen-bond acceptors (Lipinski definition) is 5. The van der Waals surface area contributed by atoms with E-state index in [2.05, 4.69) is 4.98 Å². The van der Waals surface area contributed by atoms with Gasteiger partial charge in [0.2, 0.25) is 0 Å². The Labute approximate surface area is 143 Å². The standard InChI is InChI=1S/C18H18N2O3S/c1-10-5-6-14(7-11(10)2)23-15(21)8-20-9-19-17-16(18(20)22)12(3)13(4)24-17/h5-7,9H,8H2,1-4H3. The van der Waals surface area contributed by atoms with E-state index in [-0.39, 0.29) is 12.1 Å². The summed E-state index contributed by atoms with van der Waals surface area (Å²) < 4.78 is 6.63. The highest BCUT2D eigenvalue weighted by molar-refractivity contribution is 7.18. The van der Waals surface area contributed by atoms with Crippen LogP contribution >= 0.6 is 11.3 Å². The first-order valence-corrected chi connectivity index (χ1v) is 8.41. The van der Waals surface area contributed by atoms with E-state index in [4.69, 9.17) is 4.74 Å². The molecule has 0 saturated carbocycles. The Hall–Kier alpha value is -2.47. The molecule has 0 atom stereocenters. The van der Waals surface area contributed by atoms with Gasteiger partial charge in [0.1, 0.15) is 17.1 Å². The molecule has 0 N–H and O–H groups in total. The third-order valence-corrected chi connectivity index (χ3v) is 5.28. The number of ether oxygens (including phenoxy) is 1. The molecule has 3 rings (SSSR count). The first-order chi connectivity index (χ1) is 11.4. The molecule has 0 aliphatic carbocycles. The number of thiophene rings is 1. The summed E-state index contributed by atoms with van der Waals surface area (Å²) in [6.07, 6.45) is 1.40. The maximum Gasteiger partial charge on any atom is 0.331 e. The fourth-order valence-electron chi connectivity index (χ4n) is 2.46. The molecule has 5 nitrogen and oxygen atoms in total. The Bertz CT molecular complexity index is 1000. The first kappa shape index (κ1) is 16.4. The van der Waals surface area contributed by atoms with Crippen LogP contribution in [0.15, 0.2) is 29.3 Å². The molecule has 0 unspecified atom stereocenters. The highest BCUT2D eigenvalue weighted by Gasteiger charge is 2.14. The number of hydrogen-bond donors (Lipinski definition) is 0. The van der Waals surface area contributed by atoms with Crippen molar-refractivity contribution < 1.29 is 9.53 Å². The Morgan fingerprint density at radius 2 is 1.96 bits per heavy atom. The van der Waals surface area contributed by atoms with Crippen molar-refractivity contribution in [3.8, 4) is 5.75 Å². The largest absolute Gasteiger partial charge is 0.425 e. The SMILES string of the molecule is Cc1ccc(OC(=O)Cn2cnc3sc(C)c(C)c3c2=O)cc1C. The maximum atomic E-state index is 12.6. The Kier molecular flexibility index (Phi) is 4.24. The minimum atomic E-state index is -0.494. The van der Waals surface area contributed by atoms with Gasteiger partial charge in [-0.2, -0.15) is 0 Å². The van der Waals surface area contributed by atoms with Gasteiger partial charge < -0.3 is 4.74 Å². The third-order valence-electron chi connectivity index (χ3n) is 4.17. The van der Waals surface area contributed by atoms with Crippen LogP contribution in [0.4, 0.5) is 0 Å². The van der Waals surface area contributed by atoms with Crippen molar-refractivity contribution in [2.45, 2.75) is 34.2 Å². The Balaban J connectivity index is 1.85. The molecule has 0 amide bonds. The van der Waals surface area contributed by atoms with Gasteiger partial charge in [-0.25, -0.2) is 9.78 Å². The Morgan fingerprint density at radius 1 is 1.21 bits per heavy atom. The molecule has 0 spiro atoms. The summed E-state index contributed by atoms with van der Waals surface area (Å²) in [5.41, 5.74) is 2.89. The van der Waals surface area contributed by atoms with E-state index in [0.29, 0.717) is 16.0 Å². The van der Waals surface area contributed by atoms with E-state index in [1.807, 2.05) is 39.8 Å². The number of aromatic nitrogens is 2. The number of carbonyl (C=O) groups excluding carboxylic acids is 1. The summed E-state index contributed by atoms with van der Waals surface area (Å²) in [7, 11) is 0. The zero-order valence-electron chi connectivity index (χ0n) is 14.0. The van der Waals surface area contributed by atoms with Gasteiger partial charge >= 0.3 is 5.97 Å². The third kappa shape index (κ3) is 2.97. The lowest BCUT2D eigenvalue weighted by molar-refractivity contribution is -0.135. The van der Waals surface area contributed by atoms with Crippen molar-refractivity contribution in [3.05, 3.63) is 56.4 Å². The van der Waals surface area contributed by atoms with Crippen LogP contribution in [0.1, 0.15) is 21.6 Å². The predicted molar refractivity (Wildman–Crippen MR) is 94.9 cm³/mol. The van der Waals surface area contributed by atoms with E-state index in [9.17, 15) is 9.59 Å². The van der Waals surface area contributed by atoms with Gasteiger partial charge in [-0.05, 0) is 56.5 Å². The monoisotopic (exact) mass is 342 g/mol. The van der Waals surface area contributed by atoms with Crippen molar-refractivity contribution >= 4 is 27.5 Å². The molecular formula is C18H18N2O3S. The highest BCUT2D eigenvalue weighted by atomic mass is 32.1. The van der Waals surface area contributed by atoms with E-state index in [0.717, 1.165) is 21.6 Å². The number of benzene rings is 1. The lowest BCUT2D eigenvalue weighted by Crippen LogP contribution is -2.26. The molecule has 24 heavy (non-hydrogen) atoms. The van der Waals surface area contributed by atoms with Crippen molar-refractivity contribution in [2.24, 2.45) is 0 Å². The number of rotatable bonds is 3. The van der Waals surface area contributed by atoms with Gasteiger partial charge in [0, 0.05) is 4.88 Å². The number of nitrogens with zero attached hydrogens (tertiary/aromatic N) is 2. The number of fused-ring (bicyclic) bond motifs is 1. The normalized spacial score (nSPS) is 11.0. The molecular weight excluding hydrogens is 324 g/mol. The van der Waals surface area contributed by atoms with Crippen LogP contribution in [0.3, 0.4) is 0 Å². The molecule has 0 fully saturated rings. The second-order valence-corrected chi connectivity index (χ2v) is 7.06. The van der Waals surface area contributed by atoms with Gasteiger partial charge in [0.15, 0.2) is 0 Å². The smallest absolute Gasteiger partial charge is 0.331 e. The maximum absolute atomic E-state index is 12.6. The van der Waals surface area contributed by atoms with E-state index >= 15 is 0 Å². The molecule has 2 heterocycles. The summed E-state index contributed by atoms with van der Waals surface area (Å²) in [6, 6.07) is 5.45. The van der Waals surface area contributed by atoms with Crippen molar-refractivity contribution in [2.75, 3.05) is 0 Å². The molecule has 124 valence electrons. The Morgan fingerprint density at radius 3 is 2.67 bits per heavy atom. The molecule has 3 aromatic rings. The van der Waals surface area contributed by atoms with Crippen molar-refractivity contribution in [1.82, 2.24) is 9.55 Å². The number of aryl methyl sites for hydroxylation is 4. The van der Waals surface area contributed by atoms with E-state index < -0.39 is 5.97 Å². The molecule has 0 aliphatic heterocycles. The summed E-state index contributed by atoms with van der Waals surface area (Å²) in [5, 5.41) is 0.582. The van der Waals surface area contributed by atoms with Crippen LogP contribution in [0.25, 0.3) is 10.2 Å². The second-order valence-electron chi connectivity index (χ2n) is 5.86. The van der Waals surface area contributed by atoms with Crippen LogP contribution in [0.5, 0.6) is 5.75 Å². The number of esters is 1. The van der Waals surface area contributed by atoms with E-state index in [1.54, 1.807) is 6.07 Å². The molecule has 2 aromatic heterocycles. The van der Waals surface area contributed by atoms with Crippen LogP contribution in [-0.4, -0.2) is 15.5 Å². The van der Waals surface area contributed by atoms with Crippen molar-refractivity contribution in [3.63, 3.8) is 0 Å². The molecule has 1 aromatic carbocycles. The lowest BCUT2D eigenvalue weighted by Gasteiger charge is -2.08. The minimum absolute atomic E-state index is 0.164. The summed E-state index contributed by atoms with van der Waals surface area (Å²) in [5.74, 6) is -0.0150. The fourth-order valence-corrected chi connectivity index (χ4v) is 3.45. The molecule has 6 heteroatoms. The predicted octanol–water partition coefficient (Wildman–Crippen LogP) is 3.30. The first-order valence-electron chi connectivity index (χ1n) is 7.60. The molecule has 0 bridgehead atoms. The van der Waals surface area contributed by atoms with E-state index in [1.165, 1.54) is 22.2 Å². The van der Waals surface area contributed by atoms with Gasteiger partial charge in [0.05, 0.1) is 11.7 Å². The molecule has 0 aliphatic rings. The fraction of sp³-hybridized carbons (Fsp3) is 0.278. The van der Waals surface area contributed by atoms with Crippen LogP contribution < -0.4 is 10.3 Å². The minimum Gasteiger partial charge on any atom is -0.425 e. The van der Waals surface area contributed by atoms with Crippen LogP contribution in [-0.2, 0) is 11.3 Å². The quantitative estimate of drug-likeness (QED) is 0.541. The van der Waals surface area contributed by atoms with Crippen LogP contribution in [0.2, 0.25) is 0 Å². The highest BCUT2D eigenvalue weighted by Crippen LogP contribution is 2.25. The molecule has 0 saturated heterocycles. The summed E-state index contributed by atoms with van der Waals surface area (Å²) in [6.45, 7) is 7.64. The van der Waals surface area contributed by atoms with Crippen molar-refractivity contribution in [1.29, 1.82) is 0 Å². The zero-order chi connectivity index (χ0) is 17.4. The lowest BCUT2D eigenvalue weighted by atomic mass is 10.1. The van der Waals surface area contributed by atoms with Gasteiger partial charge in [0.25, 0.3) is 5.56 Å². The topological polar surface area (TPSA) is 61.2 Å². The van der Waals surface area contributed by atoms with Crippen LogP contribution in [0, 0.1) is 27.7 Å². The molecule has 0 radical (unpaired) electrons. The second kappa shape index (κ2) is 6.20. The van der Waals surface area contributed by atoms with Gasteiger partial charge in [-0.15, -0.1) is 11.3 Å². The summed E-state index contributed by atoms with van der Waals surface area (Å²) >= 11 is 1.49.